The summed E-state index contributed by atoms with van der Waals surface area (Å²) >= 11 is 6.01. The highest BCUT2D eigenvalue weighted by Gasteiger charge is 2.27. The van der Waals surface area contributed by atoms with Crippen LogP contribution in [-0.4, -0.2) is 41.6 Å². The number of carbonyl (C=O) groups excluding carboxylic acids is 2. The van der Waals surface area contributed by atoms with Crippen molar-refractivity contribution in [2.75, 3.05) is 24.6 Å². The molecule has 25 heavy (non-hydrogen) atoms. The third kappa shape index (κ3) is 3.05. The highest BCUT2D eigenvalue weighted by Crippen LogP contribution is 2.27. The normalized spacial score (nSPS) is 16.8. The molecule has 2 aliphatic rings. The number of benzene rings is 1. The highest BCUT2D eigenvalue weighted by molar-refractivity contribution is 6.30. The van der Waals surface area contributed by atoms with Crippen LogP contribution in [0.3, 0.4) is 0 Å². The van der Waals surface area contributed by atoms with Crippen LogP contribution in [0.2, 0.25) is 5.02 Å². The Morgan fingerprint density at radius 1 is 1.16 bits per heavy atom. The number of fused-ring (bicyclic) bond motifs is 1. The molecule has 0 spiro atoms. The van der Waals surface area contributed by atoms with E-state index in [4.69, 9.17) is 16.3 Å². The zero-order valence-electron chi connectivity index (χ0n) is 13.4. The molecule has 2 aromatic rings. The third-order valence-electron chi connectivity index (χ3n) is 4.46. The van der Waals surface area contributed by atoms with Crippen LogP contribution in [0.1, 0.15) is 21.5 Å². The predicted octanol–water partition coefficient (Wildman–Crippen LogP) is 2.89. The molecule has 6 nitrogen and oxygen atoms in total. The molecule has 0 bridgehead atoms. The van der Waals surface area contributed by atoms with Crippen molar-refractivity contribution >= 4 is 29.3 Å². The van der Waals surface area contributed by atoms with Gasteiger partial charge in [0.2, 0.25) is 0 Å². The standard InChI is InChI=1S/C18H16ClN3O3/c19-14-1-2-16-13(8-14)3-4-22(17(16)23)15-7-12(9-20-10-15)11-21-5-6-25-18(21)24/h1-2,7-10H,3-6,11H2. The van der Waals surface area contributed by atoms with Gasteiger partial charge in [0.15, 0.2) is 0 Å². The number of carbonyl (C=O) groups is 2. The number of hydrogen-bond donors (Lipinski definition) is 0. The molecular weight excluding hydrogens is 342 g/mol. The Kier molecular flexibility index (Phi) is 4.05. The van der Waals surface area contributed by atoms with Crippen molar-refractivity contribution in [2.45, 2.75) is 13.0 Å². The molecule has 0 N–H and O–H groups in total. The quantitative estimate of drug-likeness (QED) is 0.847. The van der Waals surface area contributed by atoms with Gasteiger partial charge in [-0.25, -0.2) is 4.79 Å². The van der Waals surface area contributed by atoms with Crippen molar-refractivity contribution in [1.82, 2.24) is 9.88 Å². The topological polar surface area (TPSA) is 62.7 Å². The van der Waals surface area contributed by atoms with Gasteiger partial charge >= 0.3 is 6.09 Å². The maximum Gasteiger partial charge on any atom is 0.410 e. The first kappa shape index (κ1) is 15.9. The SMILES string of the molecule is O=C1OCCN1Cc1cncc(N2CCc3cc(Cl)ccc3C2=O)c1. The molecule has 1 saturated heterocycles. The van der Waals surface area contributed by atoms with Gasteiger partial charge in [-0.15, -0.1) is 0 Å². The average molecular weight is 358 g/mol. The Morgan fingerprint density at radius 2 is 2.04 bits per heavy atom. The van der Waals surface area contributed by atoms with Crippen molar-refractivity contribution in [3.63, 3.8) is 0 Å². The molecule has 2 aliphatic heterocycles. The monoisotopic (exact) mass is 357 g/mol. The number of pyridine rings is 1. The van der Waals surface area contributed by atoms with E-state index in [0.717, 1.165) is 23.2 Å². The summed E-state index contributed by atoms with van der Waals surface area (Å²) in [5.41, 5.74) is 3.24. The van der Waals surface area contributed by atoms with Gasteiger partial charge in [-0.05, 0) is 41.8 Å². The molecule has 1 aromatic heterocycles. The maximum atomic E-state index is 12.8. The molecule has 0 saturated carbocycles. The van der Waals surface area contributed by atoms with Crippen LogP contribution in [0.5, 0.6) is 0 Å². The molecule has 128 valence electrons. The Hall–Kier alpha value is -2.60. The van der Waals surface area contributed by atoms with Gasteiger partial charge in [-0.2, -0.15) is 0 Å². The molecule has 0 aliphatic carbocycles. The maximum absolute atomic E-state index is 12.8. The lowest BCUT2D eigenvalue weighted by molar-refractivity contribution is 0.0980. The summed E-state index contributed by atoms with van der Waals surface area (Å²) < 4.78 is 4.94. The van der Waals surface area contributed by atoms with E-state index in [0.29, 0.717) is 36.8 Å². The number of ether oxygens (including phenoxy) is 1. The fraction of sp³-hybridized carbons (Fsp3) is 0.278. The summed E-state index contributed by atoms with van der Waals surface area (Å²) in [6, 6.07) is 7.25. The van der Waals surface area contributed by atoms with Crippen molar-refractivity contribution in [1.29, 1.82) is 0 Å². The van der Waals surface area contributed by atoms with E-state index in [1.807, 2.05) is 12.1 Å². The zero-order valence-corrected chi connectivity index (χ0v) is 14.2. The Bertz CT molecular complexity index is 855. The third-order valence-corrected chi connectivity index (χ3v) is 4.69. The van der Waals surface area contributed by atoms with Crippen LogP contribution in [0.15, 0.2) is 36.7 Å². The predicted molar refractivity (Wildman–Crippen MR) is 92.8 cm³/mol. The summed E-state index contributed by atoms with van der Waals surface area (Å²) in [5, 5.41) is 0.640. The smallest absolute Gasteiger partial charge is 0.410 e. The average Bonchev–Trinajstić information content (AvgIpc) is 3.00. The van der Waals surface area contributed by atoms with Crippen LogP contribution in [0.25, 0.3) is 0 Å². The van der Waals surface area contributed by atoms with E-state index < -0.39 is 0 Å². The first-order chi connectivity index (χ1) is 12.1. The Morgan fingerprint density at radius 3 is 2.84 bits per heavy atom. The summed E-state index contributed by atoms with van der Waals surface area (Å²) in [4.78, 5) is 32.0. The van der Waals surface area contributed by atoms with Crippen molar-refractivity contribution in [2.24, 2.45) is 0 Å². The second kappa shape index (κ2) is 6.37. The van der Waals surface area contributed by atoms with Gasteiger partial charge in [-0.3, -0.25) is 9.78 Å². The lowest BCUT2D eigenvalue weighted by Gasteiger charge is -2.29. The lowest BCUT2D eigenvalue weighted by Crippen LogP contribution is -2.37. The largest absolute Gasteiger partial charge is 0.448 e. The number of aromatic nitrogens is 1. The number of nitrogens with zero attached hydrogens (tertiary/aromatic N) is 3. The van der Waals surface area contributed by atoms with Crippen LogP contribution < -0.4 is 4.90 Å². The molecular formula is C18H16ClN3O3. The molecule has 7 heteroatoms. The van der Waals surface area contributed by atoms with Gasteiger partial charge in [0.05, 0.1) is 25.0 Å². The number of amides is 2. The highest BCUT2D eigenvalue weighted by atomic mass is 35.5. The Balaban J connectivity index is 1.58. The number of cyclic esters (lactones) is 1. The molecule has 1 aromatic carbocycles. The molecule has 0 radical (unpaired) electrons. The van der Waals surface area contributed by atoms with Crippen molar-refractivity contribution in [3.05, 3.63) is 58.4 Å². The molecule has 4 rings (SSSR count). The van der Waals surface area contributed by atoms with Crippen LogP contribution in [0.4, 0.5) is 10.5 Å². The summed E-state index contributed by atoms with van der Waals surface area (Å²) in [6.07, 6.45) is 3.80. The van der Waals surface area contributed by atoms with Crippen LogP contribution >= 0.6 is 11.6 Å². The molecule has 0 atom stereocenters. The minimum atomic E-state index is -0.315. The fourth-order valence-electron chi connectivity index (χ4n) is 3.20. The Labute approximate surface area is 150 Å². The number of anilines is 1. The number of hydrogen-bond acceptors (Lipinski definition) is 4. The second-order valence-corrected chi connectivity index (χ2v) is 6.53. The fourth-order valence-corrected chi connectivity index (χ4v) is 3.40. The van der Waals surface area contributed by atoms with E-state index in [1.54, 1.807) is 34.3 Å². The minimum absolute atomic E-state index is 0.0579. The number of halogens is 1. The van der Waals surface area contributed by atoms with Gasteiger partial charge in [-0.1, -0.05) is 11.6 Å². The minimum Gasteiger partial charge on any atom is -0.448 e. The first-order valence-electron chi connectivity index (χ1n) is 8.08. The van der Waals surface area contributed by atoms with E-state index in [2.05, 4.69) is 4.98 Å². The van der Waals surface area contributed by atoms with Crippen molar-refractivity contribution in [3.8, 4) is 0 Å². The van der Waals surface area contributed by atoms with E-state index >= 15 is 0 Å². The van der Waals surface area contributed by atoms with Gasteiger partial charge in [0.25, 0.3) is 5.91 Å². The van der Waals surface area contributed by atoms with E-state index in [1.165, 1.54) is 0 Å². The van der Waals surface area contributed by atoms with Gasteiger partial charge in [0.1, 0.15) is 6.61 Å². The second-order valence-electron chi connectivity index (χ2n) is 6.10. The molecule has 2 amide bonds. The van der Waals surface area contributed by atoms with Gasteiger partial charge in [0, 0.05) is 23.3 Å². The van der Waals surface area contributed by atoms with Crippen LogP contribution in [0, 0.1) is 0 Å². The van der Waals surface area contributed by atoms with Crippen molar-refractivity contribution < 1.29 is 14.3 Å². The van der Waals surface area contributed by atoms with Crippen LogP contribution in [-0.2, 0) is 17.7 Å². The zero-order chi connectivity index (χ0) is 17.4. The summed E-state index contributed by atoms with van der Waals surface area (Å²) in [5.74, 6) is -0.0579. The first-order valence-corrected chi connectivity index (χ1v) is 8.45. The van der Waals surface area contributed by atoms with E-state index in [9.17, 15) is 9.59 Å². The summed E-state index contributed by atoms with van der Waals surface area (Å²) in [6.45, 7) is 1.98. The molecule has 1 fully saturated rings. The lowest BCUT2D eigenvalue weighted by atomic mass is 9.98. The molecule has 0 unspecified atom stereocenters. The number of rotatable bonds is 3. The van der Waals surface area contributed by atoms with Gasteiger partial charge < -0.3 is 14.5 Å². The summed E-state index contributed by atoms with van der Waals surface area (Å²) in [7, 11) is 0. The van der Waals surface area contributed by atoms with E-state index in [-0.39, 0.29) is 12.0 Å². The molecule has 3 heterocycles.